The molecule has 0 aliphatic heterocycles. The largest absolute Gasteiger partial charge is 0.462 e. The van der Waals surface area contributed by atoms with E-state index in [0.717, 1.165) is 6.07 Å². The summed E-state index contributed by atoms with van der Waals surface area (Å²) in [6.07, 6.45) is 0. The SMILES string of the molecule is CCNc1cc(C(=O)OCC)cc(S(N)(=O)=O)c1Oc1ccccc1. The molecule has 0 aliphatic carbocycles. The number of esters is 1. The lowest BCUT2D eigenvalue weighted by Crippen LogP contribution is -2.16. The number of nitrogens with two attached hydrogens (primary N) is 1. The molecule has 0 fully saturated rings. The van der Waals surface area contributed by atoms with Gasteiger partial charge in [0.25, 0.3) is 0 Å². The zero-order chi connectivity index (χ0) is 18.4. The van der Waals surface area contributed by atoms with Crippen molar-refractivity contribution < 1.29 is 22.7 Å². The molecule has 8 heteroatoms. The average molecular weight is 364 g/mol. The molecule has 3 N–H and O–H groups in total. The summed E-state index contributed by atoms with van der Waals surface area (Å²) in [6.45, 7) is 4.15. The number of carbonyl (C=O) groups is 1. The number of rotatable bonds is 7. The predicted octanol–water partition coefficient (Wildman–Crippen LogP) is 2.73. The maximum absolute atomic E-state index is 12.1. The molecule has 2 aromatic rings. The van der Waals surface area contributed by atoms with Crippen LogP contribution >= 0.6 is 0 Å². The Kier molecular flexibility index (Phi) is 6.00. The van der Waals surface area contributed by atoms with E-state index < -0.39 is 16.0 Å². The molecule has 0 saturated heterocycles. The van der Waals surface area contributed by atoms with Gasteiger partial charge in [0.2, 0.25) is 10.0 Å². The first kappa shape index (κ1) is 18.8. The van der Waals surface area contributed by atoms with Crippen molar-refractivity contribution >= 4 is 21.7 Å². The number of para-hydroxylation sites is 1. The second kappa shape index (κ2) is 8.00. The molecule has 2 aromatic carbocycles. The third-order valence-corrected chi connectivity index (χ3v) is 4.12. The fourth-order valence-corrected chi connectivity index (χ4v) is 2.88. The van der Waals surface area contributed by atoms with E-state index in [1.165, 1.54) is 6.07 Å². The zero-order valence-corrected chi connectivity index (χ0v) is 14.8. The topological polar surface area (TPSA) is 108 Å². The van der Waals surface area contributed by atoms with Gasteiger partial charge in [-0.2, -0.15) is 0 Å². The number of nitrogens with one attached hydrogen (secondary N) is 1. The van der Waals surface area contributed by atoms with Gasteiger partial charge in [-0.3, -0.25) is 0 Å². The predicted molar refractivity (Wildman–Crippen MR) is 94.5 cm³/mol. The Morgan fingerprint density at radius 3 is 2.40 bits per heavy atom. The Labute approximate surface area is 146 Å². The third-order valence-electron chi connectivity index (χ3n) is 3.20. The van der Waals surface area contributed by atoms with Crippen molar-refractivity contribution in [3.8, 4) is 11.5 Å². The van der Waals surface area contributed by atoms with Gasteiger partial charge in [0.1, 0.15) is 10.6 Å². The van der Waals surface area contributed by atoms with Crippen molar-refractivity contribution in [3.05, 3.63) is 48.0 Å². The second-order valence-electron chi connectivity index (χ2n) is 5.06. The van der Waals surface area contributed by atoms with Crippen LogP contribution in [0, 0.1) is 0 Å². The molecule has 7 nitrogen and oxygen atoms in total. The van der Waals surface area contributed by atoms with Gasteiger partial charge in [-0.1, -0.05) is 18.2 Å². The highest BCUT2D eigenvalue weighted by molar-refractivity contribution is 7.89. The van der Waals surface area contributed by atoms with E-state index in [1.807, 2.05) is 13.0 Å². The maximum atomic E-state index is 12.1. The normalized spacial score (nSPS) is 11.0. The molecule has 0 bridgehead atoms. The van der Waals surface area contributed by atoms with Crippen LogP contribution in [0.15, 0.2) is 47.4 Å². The summed E-state index contributed by atoms with van der Waals surface area (Å²) >= 11 is 0. The van der Waals surface area contributed by atoms with Gasteiger partial charge in [0.05, 0.1) is 17.9 Å². The monoisotopic (exact) mass is 364 g/mol. The molecule has 0 heterocycles. The van der Waals surface area contributed by atoms with Gasteiger partial charge in [-0.05, 0) is 38.1 Å². The molecule has 0 radical (unpaired) electrons. The quantitative estimate of drug-likeness (QED) is 0.732. The second-order valence-corrected chi connectivity index (χ2v) is 6.59. The van der Waals surface area contributed by atoms with Crippen LogP contribution in [0.2, 0.25) is 0 Å². The number of hydrogen-bond acceptors (Lipinski definition) is 6. The molecule has 2 rings (SSSR count). The maximum Gasteiger partial charge on any atom is 0.338 e. The number of carbonyl (C=O) groups excluding carboxylic acids is 1. The highest BCUT2D eigenvalue weighted by atomic mass is 32.2. The summed E-state index contributed by atoms with van der Waals surface area (Å²) < 4.78 is 34.8. The van der Waals surface area contributed by atoms with Crippen LogP contribution in [0.1, 0.15) is 24.2 Å². The minimum atomic E-state index is -4.14. The fourth-order valence-electron chi connectivity index (χ4n) is 2.18. The standard InChI is InChI=1S/C17H20N2O5S/c1-3-19-14-10-12(17(20)23-4-2)11-15(25(18,21)22)16(14)24-13-8-6-5-7-9-13/h5-11,19H,3-4H2,1-2H3,(H2,18,21,22). The highest BCUT2D eigenvalue weighted by Gasteiger charge is 2.23. The highest BCUT2D eigenvalue weighted by Crippen LogP contribution is 2.37. The van der Waals surface area contributed by atoms with E-state index in [0.29, 0.717) is 18.0 Å². The summed E-state index contributed by atoms with van der Waals surface area (Å²) in [7, 11) is -4.14. The lowest BCUT2D eigenvalue weighted by molar-refractivity contribution is 0.0526. The lowest BCUT2D eigenvalue weighted by atomic mass is 10.1. The molecule has 0 unspecified atom stereocenters. The number of anilines is 1. The van der Waals surface area contributed by atoms with E-state index in [1.54, 1.807) is 31.2 Å². The fraction of sp³-hybridized carbons (Fsp3) is 0.235. The van der Waals surface area contributed by atoms with Gasteiger partial charge < -0.3 is 14.8 Å². The third kappa shape index (κ3) is 4.71. The summed E-state index contributed by atoms with van der Waals surface area (Å²) in [4.78, 5) is 11.7. The van der Waals surface area contributed by atoms with E-state index in [-0.39, 0.29) is 22.8 Å². The number of benzene rings is 2. The van der Waals surface area contributed by atoms with Crippen LogP contribution < -0.4 is 15.2 Å². The Hall–Kier alpha value is -2.58. The van der Waals surface area contributed by atoms with Gasteiger partial charge in [0.15, 0.2) is 5.75 Å². The molecular weight excluding hydrogens is 344 g/mol. The molecule has 0 atom stereocenters. The Bertz CT molecular complexity index is 851. The van der Waals surface area contributed by atoms with E-state index in [2.05, 4.69) is 5.32 Å². The minimum absolute atomic E-state index is 0.0311. The minimum Gasteiger partial charge on any atom is -0.462 e. The number of hydrogen-bond donors (Lipinski definition) is 2. The lowest BCUT2D eigenvalue weighted by Gasteiger charge is -2.17. The van der Waals surface area contributed by atoms with E-state index in [9.17, 15) is 13.2 Å². The van der Waals surface area contributed by atoms with E-state index >= 15 is 0 Å². The van der Waals surface area contributed by atoms with Crippen LogP contribution in [-0.2, 0) is 14.8 Å². The van der Waals surface area contributed by atoms with Crippen molar-refractivity contribution in [1.29, 1.82) is 0 Å². The summed E-state index contributed by atoms with van der Waals surface area (Å²) in [5.74, 6) is -0.170. The first-order valence-electron chi connectivity index (χ1n) is 7.71. The summed E-state index contributed by atoms with van der Waals surface area (Å²) in [6, 6.07) is 11.3. The average Bonchev–Trinajstić information content (AvgIpc) is 2.56. The van der Waals surface area contributed by atoms with Gasteiger partial charge in [-0.25, -0.2) is 18.4 Å². The number of primary sulfonamides is 1. The van der Waals surface area contributed by atoms with Gasteiger partial charge in [-0.15, -0.1) is 0 Å². The van der Waals surface area contributed by atoms with Gasteiger partial charge in [0, 0.05) is 6.54 Å². The van der Waals surface area contributed by atoms with Crippen LogP contribution in [0.5, 0.6) is 11.5 Å². The number of sulfonamides is 1. The first-order valence-corrected chi connectivity index (χ1v) is 9.26. The van der Waals surface area contributed by atoms with Crippen LogP contribution in [-0.4, -0.2) is 27.5 Å². The summed E-state index contributed by atoms with van der Waals surface area (Å²) in [5, 5.41) is 8.33. The molecule has 0 spiro atoms. The molecule has 0 aromatic heterocycles. The zero-order valence-electron chi connectivity index (χ0n) is 14.0. The molecule has 0 saturated carbocycles. The Morgan fingerprint density at radius 2 is 1.84 bits per heavy atom. The number of ether oxygens (including phenoxy) is 2. The molecular formula is C17H20N2O5S. The summed E-state index contributed by atoms with van der Waals surface area (Å²) in [5.41, 5.74) is 0.406. The van der Waals surface area contributed by atoms with Crippen molar-refractivity contribution in [2.24, 2.45) is 5.14 Å². The first-order chi connectivity index (χ1) is 11.9. The van der Waals surface area contributed by atoms with Crippen molar-refractivity contribution in [3.63, 3.8) is 0 Å². The van der Waals surface area contributed by atoms with Crippen LogP contribution in [0.3, 0.4) is 0 Å². The Morgan fingerprint density at radius 1 is 1.16 bits per heavy atom. The van der Waals surface area contributed by atoms with Crippen molar-refractivity contribution in [1.82, 2.24) is 0 Å². The van der Waals surface area contributed by atoms with E-state index in [4.69, 9.17) is 14.6 Å². The smallest absolute Gasteiger partial charge is 0.338 e. The van der Waals surface area contributed by atoms with Crippen LogP contribution in [0.4, 0.5) is 5.69 Å². The molecule has 0 aliphatic rings. The van der Waals surface area contributed by atoms with Gasteiger partial charge >= 0.3 is 5.97 Å². The molecule has 0 amide bonds. The molecule has 25 heavy (non-hydrogen) atoms. The molecule has 134 valence electrons. The van der Waals surface area contributed by atoms with Crippen LogP contribution in [0.25, 0.3) is 0 Å². The van der Waals surface area contributed by atoms with Crippen molar-refractivity contribution in [2.75, 3.05) is 18.5 Å². The Balaban J connectivity index is 2.63. The van der Waals surface area contributed by atoms with Crippen molar-refractivity contribution in [2.45, 2.75) is 18.7 Å².